The molecule has 1 spiro atoms. The van der Waals surface area contributed by atoms with Gasteiger partial charge in [0.05, 0.1) is 0 Å². The Hall–Kier alpha value is -1.26. The average Bonchev–Trinajstić information content (AvgIpc) is 2.66. The number of hydrogen-bond donors (Lipinski definition) is 1. The Labute approximate surface area is 106 Å². The lowest BCUT2D eigenvalue weighted by molar-refractivity contribution is -0.250. The molecule has 0 aliphatic carbocycles. The van der Waals surface area contributed by atoms with E-state index in [0.717, 1.165) is 31.4 Å². The number of fused-ring (bicyclic) bond motifs is 2. The molecular formula is C14H17NO3. The Balaban J connectivity index is 1.86. The van der Waals surface area contributed by atoms with Gasteiger partial charge in [0.15, 0.2) is 11.5 Å². The van der Waals surface area contributed by atoms with Crippen LogP contribution in [0.3, 0.4) is 0 Å². The predicted molar refractivity (Wildman–Crippen MR) is 65.6 cm³/mol. The summed E-state index contributed by atoms with van der Waals surface area (Å²) in [4.78, 5) is 2.21. The van der Waals surface area contributed by atoms with Gasteiger partial charge in [0, 0.05) is 12.1 Å². The topological polar surface area (TPSA) is 41.9 Å². The van der Waals surface area contributed by atoms with Crippen molar-refractivity contribution in [2.45, 2.75) is 37.2 Å². The molecule has 4 nitrogen and oxygen atoms in total. The first-order valence-corrected chi connectivity index (χ1v) is 6.58. The molecule has 0 radical (unpaired) electrons. The predicted octanol–water partition coefficient (Wildman–Crippen LogP) is 1.82. The van der Waals surface area contributed by atoms with Crippen LogP contribution in [-0.2, 0) is 10.3 Å². The third kappa shape index (κ3) is 1.17. The third-order valence-corrected chi connectivity index (χ3v) is 4.52. The molecular weight excluding hydrogens is 230 g/mol. The van der Waals surface area contributed by atoms with Gasteiger partial charge < -0.3 is 14.6 Å². The van der Waals surface area contributed by atoms with E-state index in [1.165, 1.54) is 0 Å². The lowest BCUT2D eigenvalue weighted by atomic mass is 9.80. The van der Waals surface area contributed by atoms with Gasteiger partial charge in [0.2, 0.25) is 0 Å². The molecule has 0 unspecified atom stereocenters. The average molecular weight is 247 g/mol. The van der Waals surface area contributed by atoms with E-state index in [9.17, 15) is 5.11 Å². The van der Waals surface area contributed by atoms with Crippen LogP contribution >= 0.6 is 0 Å². The SMILES string of the molecule is CN1C[C@H]2Oc3c(O)cccc3[C@@]23CCC[C@@H]1O3. The minimum atomic E-state index is -0.330. The zero-order valence-electron chi connectivity index (χ0n) is 10.4. The van der Waals surface area contributed by atoms with Gasteiger partial charge in [0.1, 0.15) is 17.9 Å². The number of aromatic hydroxyl groups is 1. The van der Waals surface area contributed by atoms with E-state index >= 15 is 0 Å². The Kier molecular flexibility index (Phi) is 2.01. The van der Waals surface area contributed by atoms with Gasteiger partial charge in [-0.15, -0.1) is 0 Å². The quantitative estimate of drug-likeness (QED) is 0.759. The van der Waals surface area contributed by atoms with Crippen molar-refractivity contribution in [3.05, 3.63) is 23.8 Å². The highest BCUT2D eigenvalue weighted by Gasteiger charge is 2.57. The van der Waals surface area contributed by atoms with Crippen molar-refractivity contribution in [1.29, 1.82) is 0 Å². The molecule has 4 heteroatoms. The summed E-state index contributed by atoms with van der Waals surface area (Å²) >= 11 is 0. The Morgan fingerprint density at radius 2 is 2.33 bits per heavy atom. The fourth-order valence-electron chi connectivity index (χ4n) is 3.60. The summed E-state index contributed by atoms with van der Waals surface area (Å²) in [7, 11) is 2.08. The fraction of sp³-hybridized carbons (Fsp3) is 0.571. The Morgan fingerprint density at radius 1 is 1.44 bits per heavy atom. The Bertz CT molecular complexity index is 504. The summed E-state index contributed by atoms with van der Waals surface area (Å²) in [5.41, 5.74) is 0.703. The normalized spacial score (nSPS) is 37.8. The number of benzene rings is 1. The van der Waals surface area contributed by atoms with Crippen LogP contribution in [0, 0.1) is 0 Å². The van der Waals surface area contributed by atoms with E-state index in [1.807, 2.05) is 12.1 Å². The molecule has 1 aromatic carbocycles. The van der Waals surface area contributed by atoms with Crippen molar-refractivity contribution in [3.63, 3.8) is 0 Å². The number of para-hydroxylation sites is 1. The molecule has 2 bridgehead atoms. The molecule has 2 fully saturated rings. The van der Waals surface area contributed by atoms with E-state index in [-0.39, 0.29) is 23.7 Å². The minimum absolute atomic E-state index is 0.00218. The molecule has 1 N–H and O–H groups in total. The molecule has 18 heavy (non-hydrogen) atoms. The summed E-state index contributed by atoms with van der Waals surface area (Å²) in [6.07, 6.45) is 3.40. The van der Waals surface area contributed by atoms with Gasteiger partial charge >= 0.3 is 0 Å². The maximum Gasteiger partial charge on any atom is 0.167 e. The van der Waals surface area contributed by atoms with Gasteiger partial charge in [-0.3, -0.25) is 4.90 Å². The number of ether oxygens (including phenoxy) is 2. The first-order chi connectivity index (χ1) is 8.71. The first-order valence-electron chi connectivity index (χ1n) is 6.58. The smallest absolute Gasteiger partial charge is 0.167 e. The highest BCUT2D eigenvalue weighted by Crippen LogP contribution is 2.55. The van der Waals surface area contributed by atoms with Gasteiger partial charge in [-0.2, -0.15) is 0 Å². The van der Waals surface area contributed by atoms with Gasteiger partial charge in [-0.25, -0.2) is 0 Å². The fourth-order valence-corrected chi connectivity index (χ4v) is 3.60. The van der Waals surface area contributed by atoms with Crippen LogP contribution in [0.5, 0.6) is 11.5 Å². The zero-order valence-corrected chi connectivity index (χ0v) is 10.4. The summed E-state index contributed by atoms with van der Waals surface area (Å²) in [6.45, 7) is 0.860. The van der Waals surface area contributed by atoms with Crippen LogP contribution in [0.4, 0.5) is 0 Å². The molecule has 4 rings (SSSR count). The second kappa shape index (κ2) is 3.39. The number of hydrogen-bond acceptors (Lipinski definition) is 4. The number of nitrogens with zero attached hydrogens (tertiary/aromatic N) is 1. The molecule has 3 aliphatic heterocycles. The summed E-state index contributed by atoms with van der Waals surface area (Å²) < 4.78 is 12.3. The van der Waals surface area contributed by atoms with Crippen molar-refractivity contribution in [2.75, 3.05) is 13.6 Å². The van der Waals surface area contributed by atoms with Gasteiger partial charge in [-0.1, -0.05) is 12.1 Å². The molecule has 1 aromatic rings. The molecule has 0 amide bonds. The van der Waals surface area contributed by atoms with Crippen molar-refractivity contribution >= 4 is 0 Å². The summed E-state index contributed by atoms with van der Waals surface area (Å²) in [5, 5.41) is 9.94. The number of rotatable bonds is 0. The first kappa shape index (κ1) is 10.6. The molecule has 3 atom stereocenters. The third-order valence-electron chi connectivity index (χ3n) is 4.52. The van der Waals surface area contributed by atoms with Crippen LogP contribution < -0.4 is 4.74 Å². The van der Waals surface area contributed by atoms with Crippen molar-refractivity contribution in [3.8, 4) is 11.5 Å². The number of likely N-dealkylation sites (tertiary alicyclic amines) is 1. The van der Waals surface area contributed by atoms with E-state index in [2.05, 4.69) is 11.9 Å². The van der Waals surface area contributed by atoms with Crippen LogP contribution in [-0.4, -0.2) is 35.9 Å². The van der Waals surface area contributed by atoms with Crippen LogP contribution in [0.25, 0.3) is 0 Å². The molecule has 0 saturated carbocycles. The summed E-state index contributed by atoms with van der Waals surface area (Å²) in [5.74, 6) is 0.850. The number of likely N-dealkylation sites (N-methyl/N-ethyl adjacent to an activating group) is 1. The Morgan fingerprint density at radius 3 is 3.22 bits per heavy atom. The second-order valence-corrected chi connectivity index (χ2v) is 5.55. The maximum atomic E-state index is 9.94. The highest BCUT2D eigenvalue weighted by molar-refractivity contribution is 5.52. The van der Waals surface area contributed by atoms with Crippen LogP contribution in [0.1, 0.15) is 24.8 Å². The lowest BCUT2D eigenvalue weighted by Crippen LogP contribution is -2.60. The summed E-state index contributed by atoms with van der Waals surface area (Å²) in [6, 6.07) is 5.58. The van der Waals surface area contributed by atoms with Crippen molar-refractivity contribution < 1.29 is 14.6 Å². The molecule has 2 saturated heterocycles. The maximum absolute atomic E-state index is 9.94. The van der Waals surface area contributed by atoms with Gasteiger partial charge in [-0.05, 0) is 32.4 Å². The number of phenols is 1. The van der Waals surface area contributed by atoms with Crippen molar-refractivity contribution in [2.24, 2.45) is 0 Å². The highest BCUT2D eigenvalue weighted by atomic mass is 16.6. The van der Waals surface area contributed by atoms with Crippen LogP contribution in [0.15, 0.2) is 18.2 Å². The van der Waals surface area contributed by atoms with Gasteiger partial charge in [0.25, 0.3) is 0 Å². The van der Waals surface area contributed by atoms with E-state index in [0.29, 0.717) is 5.75 Å². The second-order valence-electron chi connectivity index (χ2n) is 5.55. The lowest BCUT2D eigenvalue weighted by Gasteiger charge is -2.49. The molecule has 96 valence electrons. The monoisotopic (exact) mass is 247 g/mol. The number of phenolic OH excluding ortho intramolecular Hbond substituents is 1. The largest absolute Gasteiger partial charge is 0.504 e. The molecule has 3 aliphatic rings. The van der Waals surface area contributed by atoms with Crippen molar-refractivity contribution in [1.82, 2.24) is 4.90 Å². The molecule has 3 heterocycles. The molecule has 0 aromatic heterocycles. The van der Waals surface area contributed by atoms with Crippen LogP contribution in [0.2, 0.25) is 0 Å². The zero-order chi connectivity index (χ0) is 12.3. The van der Waals surface area contributed by atoms with E-state index in [4.69, 9.17) is 9.47 Å². The van der Waals surface area contributed by atoms with E-state index in [1.54, 1.807) is 6.07 Å². The van der Waals surface area contributed by atoms with E-state index < -0.39 is 0 Å². The minimum Gasteiger partial charge on any atom is -0.504 e. The standard InChI is InChI=1S/C14H17NO3/c1-15-8-11-14(7-3-6-12(15)18-14)9-4-2-5-10(16)13(9)17-11/h2,4-5,11-12,16H,3,6-8H2,1H3/t11-,12+,14+/m1/s1.